The molecule has 0 saturated carbocycles. The number of aliphatic hydroxyl groups excluding tert-OH is 1. The highest BCUT2D eigenvalue weighted by Gasteiger charge is 2.49. The molecule has 1 fully saturated rings. The van der Waals surface area contributed by atoms with Crippen molar-refractivity contribution >= 4 is 11.0 Å². The van der Waals surface area contributed by atoms with Crippen molar-refractivity contribution in [3.05, 3.63) is 53.1 Å². The number of aliphatic hydroxyl groups is 2. The Morgan fingerprint density at radius 1 is 1.21 bits per heavy atom. The summed E-state index contributed by atoms with van der Waals surface area (Å²) in [6, 6.07) is 10.3. The average molecular weight is 495 g/mol. The Labute approximate surface area is 195 Å². The fourth-order valence-corrected chi connectivity index (χ4v) is 4.80. The van der Waals surface area contributed by atoms with E-state index in [0.717, 1.165) is 12.1 Å². The molecule has 2 N–H and O–H groups in total. The van der Waals surface area contributed by atoms with E-state index in [-0.39, 0.29) is 36.1 Å². The van der Waals surface area contributed by atoms with Crippen LogP contribution in [0.2, 0.25) is 0 Å². The molecule has 0 aliphatic carbocycles. The van der Waals surface area contributed by atoms with Gasteiger partial charge < -0.3 is 19.7 Å². The van der Waals surface area contributed by atoms with Crippen LogP contribution in [0, 0.1) is 22.7 Å². The van der Waals surface area contributed by atoms with Gasteiger partial charge in [-0.05, 0) is 37.3 Å². The zero-order valence-corrected chi connectivity index (χ0v) is 18.7. The molecule has 1 aliphatic rings. The zero-order valence-electron chi connectivity index (χ0n) is 17.9. The second-order valence-electron chi connectivity index (χ2n) is 7.47. The van der Waals surface area contributed by atoms with Gasteiger partial charge in [0.05, 0.1) is 47.4 Å². The van der Waals surface area contributed by atoms with Crippen LogP contribution in [-0.2, 0) is 17.2 Å². The van der Waals surface area contributed by atoms with Crippen LogP contribution >= 0.6 is 0 Å². The molecule has 8 nitrogen and oxygen atoms in total. The fourth-order valence-electron chi connectivity index (χ4n) is 3.43. The third kappa shape index (κ3) is 5.16. The molecule has 3 rings (SSSR count). The predicted molar refractivity (Wildman–Crippen MR) is 113 cm³/mol. The summed E-state index contributed by atoms with van der Waals surface area (Å²) in [6.07, 6.45) is -5.78. The number of nitrogens with zero attached hydrogens (tertiary/aromatic N) is 3. The van der Waals surface area contributed by atoms with Gasteiger partial charge in [0.25, 0.3) is 0 Å². The molecule has 2 aromatic carbocycles. The standard InChI is InChI=1S/C22H20F3N3O5S/c1-2-32-18-7-14(9-26)3-5-17(18)33-20-11-28(12-21(20,30)13-29)34(31)19-6-4-16(22(23,24)25)8-15(19)10-27/h3-8,20,29-30H,2,11-13H2,1H3/t20-,21?,34?/m0/s1. The second-order valence-corrected chi connectivity index (χ2v) is 8.92. The lowest BCUT2D eigenvalue weighted by Crippen LogP contribution is -2.48. The number of alkyl halides is 3. The second kappa shape index (κ2) is 9.99. The highest BCUT2D eigenvalue weighted by molar-refractivity contribution is 7.82. The molecule has 0 amide bonds. The van der Waals surface area contributed by atoms with E-state index in [9.17, 15) is 32.9 Å². The summed E-state index contributed by atoms with van der Waals surface area (Å²) in [6.45, 7) is 0.711. The highest BCUT2D eigenvalue weighted by atomic mass is 32.2. The van der Waals surface area contributed by atoms with Gasteiger partial charge >= 0.3 is 6.18 Å². The molecule has 0 radical (unpaired) electrons. The summed E-state index contributed by atoms with van der Waals surface area (Å²) in [5, 5.41) is 39.1. The molecule has 3 atom stereocenters. The van der Waals surface area contributed by atoms with Crippen molar-refractivity contribution in [1.82, 2.24) is 4.31 Å². The SMILES string of the molecule is CCOc1cc(C#N)ccc1O[C@H]1CN(S(=O)c2ccc(C(F)(F)F)cc2C#N)CC1(O)CO. The van der Waals surface area contributed by atoms with Crippen LogP contribution in [0.5, 0.6) is 11.5 Å². The van der Waals surface area contributed by atoms with Crippen LogP contribution in [0.15, 0.2) is 41.3 Å². The molecule has 34 heavy (non-hydrogen) atoms. The van der Waals surface area contributed by atoms with Crippen molar-refractivity contribution in [2.45, 2.75) is 29.7 Å². The normalized spacial score (nSPS) is 21.5. The molecule has 2 unspecified atom stereocenters. The van der Waals surface area contributed by atoms with E-state index in [1.165, 1.54) is 22.5 Å². The molecular weight excluding hydrogens is 475 g/mol. The maximum absolute atomic E-state index is 13.1. The summed E-state index contributed by atoms with van der Waals surface area (Å²) in [5.41, 5.74) is -3.03. The third-order valence-corrected chi connectivity index (χ3v) is 6.66. The predicted octanol–water partition coefficient (Wildman–Crippen LogP) is 2.36. The van der Waals surface area contributed by atoms with Crippen LogP contribution in [0.25, 0.3) is 0 Å². The van der Waals surface area contributed by atoms with Gasteiger partial charge in [0.1, 0.15) is 28.8 Å². The minimum atomic E-state index is -4.67. The van der Waals surface area contributed by atoms with Crippen LogP contribution in [0.4, 0.5) is 13.2 Å². The zero-order chi connectivity index (χ0) is 25.1. The van der Waals surface area contributed by atoms with E-state index in [4.69, 9.17) is 14.7 Å². The summed E-state index contributed by atoms with van der Waals surface area (Å²) >= 11 is 0. The molecule has 1 aliphatic heterocycles. The molecular formula is C22H20F3N3O5S. The van der Waals surface area contributed by atoms with Gasteiger partial charge in [-0.25, -0.2) is 8.51 Å². The monoisotopic (exact) mass is 495 g/mol. The summed E-state index contributed by atoms with van der Waals surface area (Å²) < 4.78 is 64.6. The van der Waals surface area contributed by atoms with Crippen molar-refractivity contribution in [3.63, 3.8) is 0 Å². The molecule has 0 bridgehead atoms. The molecule has 0 spiro atoms. The Balaban J connectivity index is 1.89. The number of hydrogen-bond donors (Lipinski definition) is 2. The highest BCUT2D eigenvalue weighted by Crippen LogP contribution is 2.36. The number of β-amino-alcohol motifs (C(OH)–C–C–N with tert-alkyl or cyclic N) is 1. The van der Waals surface area contributed by atoms with Crippen LogP contribution < -0.4 is 9.47 Å². The maximum Gasteiger partial charge on any atom is 0.416 e. The lowest BCUT2D eigenvalue weighted by Gasteiger charge is -2.27. The van der Waals surface area contributed by atoms with Gasteiger partial charge in [-0.2, -0.15) is 23.7 Å². The Bertz CT molecular complexity index is 1180. The quantitative estimate of drug-likeness (QED) is 0.604. The molecule has 180 valence electrons. The number of halogens is 3. The van der Waals surface area contributed by atoms with E-state index in [1.54, 1.807) is 13.0 Å². The van der Waals surface area contributed by atoms with E-state index < -0.39 is 46.6 Å². The van der Waals surface area contributed by atoms with E-state index >= 15 is 0 Å². The number of hydrogen-bond acceptors (Lipinski definition) is 7. The van der Waals surface area contributed by atoms with Gasteiger partial charge in [-0.15, -0.1) is 0 Å². The van der Waals surface area contributed by atoms with Gasteiger partial charge in [-0.3, -0.25) is 0 Å². The first-order chi connectivity index (χ1) is 16.1. The summed E-state index contributed by atoms with van der Waals surface area (Å²) in [4.78, 5) is -0.162. The Hall–Kier alpha value is -3.16. The lowest BCUT2D eigenvalue weighted by molar-refractivity contribution is -0.137. The largest absolute Gasteiger partial charge is 0.490 e. The Kier molecular flexibility index (Phi) is 7.48. The summed E-state index contributed by atoms with van der Waals surface area (Å²) in [5.74, 6) is 0.411. The van der Waals surface area contributed by atoms with Crippen molar-refractivity contribution < 1.29 is 37.1 Å². The van der Waals surface area contributed by atoms with Gasteiger partial charge in [0.15, 0.2) is 11.5 Å². The van der Waals surface area contributed by atoms with Gasteiger partial charge in [0, 0.05) is 12.6 Å². The number of nitriles is 2. The van der Waals surface area contributed by atoms with Crippen molar-refractivity contribution in [2.75, 3.05) is 26.3 Å². The maximum atomic E-state index is 13.1. The molecule has 1 saturated heterocycles. The number of rotatable bonds is 7. The Morgan fingerprint density at radius 3 is 2.53 bits per heavy atom. The minimum absolute atomic E-state index is 0.162. The fraction of sp³-hybridized carbons (Fsp3) is 0.364. The molecule has 1 heterocycles. The van der Waals surface area contributed by atoms with E-state index in [0.29, 0.717) is 11.6 Å². The lowest BCUT2D eigenvalue weighted by atomic mass is 10.0. The number of ether oxygens (including phenoxy) is 2. The van der Waals surface area contributed by atoms with Crippen molar-refractivity contribution in [3.8, 4) is 23.6 Å². The minimum Gasteiger partial charge on any atom is -0.490 e. The van der Waals surface area contributed by atoms with E-state index in [1.807, 2.05) is 6.07 Å². The van der Waals surface area contributed by atoms with Crippen molar-refractivity contribution in [2.24, 2.45) is 0 Å². The van der Waals surface area contributed by atoms with Gasteiger partial charge in [0.2, 0.25) is 0 Å². The van der Waals surface area contributed by atoms with Crippen molar-refractivity contribution in [1.29, 1.82) is 10.5 Å². The number of benzene rings is 2. The van der Waals surface area contributed by atoms with Gasteiger partial charge in [-0.1, -0.05) is 0 Å². The average Bonchev–Trinajstić information content (AvgIpc) is 3.15. The first-order valence-electron chi connectivity index (χ1n) is 10.0. The van der Waals surface area contributed by atoms with Crippen LogP contribution in [0.1, 0.15) is 23.6 Å². The first kappa shape index (κ1) is 25.5. The molecule has 2 aromatic rings. The topological polar surface area (TPSA) is 127 Å². The molecule has 0 aromatic heterocycles. The molecule has 12 heteroatoms. The smallest absolute Gasteiger partial charge is 0.416 e. The van der Waals surface area contributed by atoms with Crippen LogP contribution in [-0.4, -0.2) is 56.7 Å². The van der Waals surface area contributed by atoms with Crippen LogP contribution in [0.3, 0.4) is 0 Å². The summed E-state index contributed by atoms with van der Waals surface area (Å²) in [7, 11) is -2.13. The first-order valence-corrected chi connectivity index (χ1v) is 11.1. The van der Waals surface area contributed by atoms with E-state index in [2.05, 4.69) is 0 Å². The Morgan fingerprint density at radius 2 is 1.94 bits per heavy atom. The third-order valence-electron chi connectivity index (χ3n) is 5.18.